The highest BCUT2D eigenvalue weighted by Gasteiger charge is 2.31. The van der Waals surface area contributed by atoms with Crippen LogP contribution in [0.5, 0.6) is 0 Å². The second-order valence-electron chi connectivity index (χ2n) is 7.15. The van der Waals surface area contributed by atoms with Gasteiger partial charge in [-0.25, -0.2) is 8.78 Å². The highest BCUT2D eigenvalue weighted by Crippen LogP contribution is 2.41. The van der Waals surface area contributed by atoms with E-state index in [0.29, 0.717) is 17.9 Å². The summed E-state index contributed by atoms with van der Waals surface area (Å²) in [6.45, 7) is 3.81. The van der Waals surface area contributed by atoms with Crippen molar-refractivity contribution in [3.63, 3.8) is 0 Å². The smallest absolute Gasteiger partial charge is 0.162 e. The summed E-state index contributed by atoms with van der Waals surface area (Å²) in [5.41, 5.74) is 1.68. The number of hydrogen-bond donors (Lipinski definition) is 0. The van der Waals surface area contributed by atoms with Crippen molar-refractivity contribution in [3.05, 3.63) is 47.5 Å². The van der Waals surface area contributed by atoms with Gasteiger partial charge >= 0.3 is 0 Å². The van der Waals surface area contributed by atoms with Gasteiger partial charge in [-0.05, 0) is 79.9 Å². The molecule has 1 aromatic carbocycles. The summed E-state index contributed by atoms with van der Waals surface area (Å²) in [5, 5.41) is 0. The molecule has 0 N–H and O–H groups in total. The molecule has 1 unspecified atom stereocenters. The maximum Gasteiger partial charge on any atom is 0.162 e. The predicted octanol–water partition coefficient (Wildman–Crippen LogP) is 5.84. The fourth-order valence-corrected chi connectivity index (χ4v) is 4.51. The van der Waals surface area contributed by atoms with Gasteiger partial charge in [0.15, 0.2) is 11.6 Å². The predicted molar refractivity (Wildman–Crippen MR) is 86.8 cm³/mol. The largest absolute Gasteiger partial charge is 0.204 e. The molecule has 0 bridgehead atoms. The summed E-state index contributed by atoms with van der Waals surface area (Å²) >= 11 is 0. The summed E-state index contributed by atoms with van der Waals surface area (Å²) in [6, 6.07) is 3.10. The Kier molecular flexibility index (Phi) is 4.95. The van der Waals surface area contributed by atoms with Crippen molar-refractivity contribution < 1.29 is 8.78 Å². The summed E-state index contributed by atoms with van der Waals surface area (Å²) in [5.74, 6) is 1.01. The monoisotopic (exact) mass is 304 g/mol. The van der Waals surface area contributed by atoms with Crippen LogP contribution in [0, 0.1) is 29.4 Å². The van der Waals surface area contributed by atoms with Gasteiger partial charge in [0.25, 0.3) is 0 Å². The van der Waals surface area contributed by atoms with Gasteiger partial charge in [0.1, 0.15) is 0 Å². The highest BCUT2D eigenvalue weighted by atomic mass is 19.2. The first kappa shape index (κ1) is 15.7. The summed E-state index contributed by atoms with van der Waals surface area (Å²) in [7, 11) is 0. The molecule has 2 aliphatic rings. The van der Waals surface area contributed by atoms with Crippen LogP contribution in [0.25, 0.3) is 0 Å². The molecule has 22 heavy (non-hydrogen) atoms. The zero-order valence-corrected chi connectivity index (χ0v) is 13.3. The van der Waals surface area contributed by atoms with Crippen LogP contribution in [0.2, 0.25) is 0 Å². The quantitative estimate of drug-likeness (QED) is 0.613. The average Bonchev–Trinajstić information content (AvgIpc) is 2.56. The molecule has 0 spiro atoms. The first-order chi connectivity index (χ1) is 10.7. The van der Waals surface area contributed by atoms with Crippen molar-refractivity contribution in [1.29, 1.82) is 0 Å². The van der Waals surface area contributed by atoms with Crippen LogP contribution in [-0.2, 0) is 12.8 Å². The van der Waals surface area contributed by atoms with Crippen molar-refractivity contribution in [2.24, 2.45) is 17.8 Å². The third-order valence-corrected chi connectivity index (χ3v) is 5.88. The molecule has 0 saturated heterocycles. The van der Waals surface area contributed by atoms with E-state index in [1.54, 1.807) is 6.07 Å². The lowest BCUT2D eigenvalue weighted by Gasteiger charge is -2.36. The van der Waals surface area contributed by atoms with E-state index < -0.39 is 11.6 Å². The highest BCUT2D eigenvalue weighted by molar-refractivity contribution is 5.32. The van der Waals surface area contributed by atoms with E-state index in [0.717, 1.165) is 36.7 Å². The Balaban J connectivity index is 1.59. The van der Waals surface area contributed by atoms with Crippen LogP contribution in [0.4, 0.5) is 8.78 Å². The fourth-order valence-electron chi connectivity index (χ4n) is 4.51. The van der Waals surface area contributed by atoms with Gasteiger partial charge in [-0.15, -0.1) is 6.58 Å². The minimum Gasteiger partial charge on any atom is -0.204 e. The summed E-state index contributed by atoms with van der Waals surface area (Å²) < 4.78 is 27.2. The first-order valence-electron chi connectivity index (χ1n) is 8.75. The van der Waals surface area contributed by atoms with Crippen LogP contribution >= 0.6 is 0 Å². The standard InChI is InChI=1S/C20H26F2/c1-2-3-4-14-5-7-15(8-6-14)16-9-11-18-17(13-16)10-12-19(21)20(18)22/h2,10,12,14-16H,1,3-9,11,13H2. The van der Waals surface area contributed by atoms with E-state index in [4.69, 9.17) is 0 Å². The second kappa shape index (κ2) is 6.93. The van der Waals surface area contributed by atoms with Gasteiger partial charge in [-0.3, -0.25) is 0 Å². The molecule has 1 aromatic rings. The molecular formula is C20H26F2. The minimum atomic E-state index is -0.695. The van der Waals surface area contributed by atoms with Gasteiger partial charge < -0.3 is 0 Å². The summed E-state index contributed by atoms with van der Waals surface area (Å²) in [4.78, 5) is 0. The van der Waals surface area contributed by atoms with E-state index >= 15 is 0 Å². The van der Waals surface area contributed by atoms with Crippen molar-refractivity contribution in [3.8, 4) is 0 Å². The lowest BCUT2D eigenvalue weighted by molar-refractivity contribution is 0.184. The van der Waals surface area contributed by atoms with Crippen LogP contribution in [0.1, 0.15) is 56.1 Å². The molecule has 1 atom stereocenters. The van der Waals surface area contributed by atoms with E-state index in [9.17, 15) is 8.78 Å². The van der Waals surface area contributed by atoms with E-state index in [-0.39, 0.29) is 0 Å². The molecule has 120 valence electrons. The second-order valence-corrected chi connectivity index (χ2v) is 7.15. The third-order valence-electron chi connectivity index (χ3n) is 5.88. The Hall–Kier alpha value is -1.18. The fraction of sp³-hybridized carbons (Fsp3) is 0.600. The first-order valence-corrected chi connectivity index (χ1v) is 8.75. The van der Waals surface area contributed by atoms with Crippen LogP contribution in [0.3, 0.4) is 0 Å². The molecule has 0 heterocycles. The van der Waals surface area contributed by atoms with Crippen LogP contribution in [-0.4, -0.2) is 0 Å². The van der Waals surface area contributed by atoms with Crippen molar-refractivity contribution in [2.45, 2.75) is 57.8 Å². The molecule has 2 aliphatic carbocycles. The Morgan fingerprint density at radius 2 is 1.82 bits per heavy atom. The molecule has 2 heteroatoms. The Morgan fingerprint density at radius 1 is 1.05 bits per heavy atom. The molecule has 1 fully saturated rings. The van der Waals surface area contributed by atoms with Crippen LogP contribution in [0.15, 0.2) is 24.8 Å². The molecule has 0 nitrogen and oxygen atoms in total. The number of benzene rings is 1. The van der Waals surface area contributed by atoms with Gasteiger partial charge in [0.2, 0.25) is 0 Å². The molecule has 0 amide bonds. The molecular weight excluding hydrogens is 278 g/mol. The lowest BCUT2D eigenvalue weighted by Crippen LogP contribution is -2.27. The number of halogens is 2. The molecule has 3 rings (SSSR count). The number of hydrogen-bond acceptors (Lipinski definition) is 0. The van der Waals surface area contributed by atoms with E-state index in [1.807, 2.05) is 6.08 Å². The van der Waals surface area contributed by atoms with Crippen molar-refractivity contribution in [2.75, 3.05) is 0 Å². The number of allylic oxidation sites excluding steroid dienone is 1. The minimum absolute atomic E-state index is 0.607. The summed E-state index contributed by atoms with van der Waals surface area (Å²) in [6.07, 6.45) is 12.4. The normalized spacial score (nSPS) is 28.2. The van der Waals surface area contributed by atoms with Gasteiger partial charge in [0.05, 0.1) is 0 Å². The van der Waals surface area contributed by atoms with Gasteiger partial charge in [0, 0.05) is 0 Å². The number of fused-ring (bicyclic) bond motifs is 1. The Morgan fingerprint density at radius 3 is 2.55 bits per heavy atom. The lowest BCUT2D eigenvalue weighted by atomic mass is 9.69. The van der Waals surface area contributed by atoms with E-state index in [2.05, 4.69) is 6.58 Å². The molecule has 0 aliphatic heterocycles. The van der Waals surface area contributed by atoms with Crippen LogP contribution < -0.4 is 0 Å². The zero-order valence-electron chi connectivity index (χ0n) is 13.3. The maximum absolute atomic E-state index is 13.8. The Labute approximate surface area is 132 Å². The zero-order chi connectivity index (χ0) is 15.5. The van der Waals surface area contributed by atoms with Crippen molar-refractivity contribution in [1.82, 2.24) is 0 Å². The number of rotatable bonds is 4. The SMILES string of the molecule is C=CCCC1CCC(C2CCc3c(ccc(F)c3F)C2)CC1. The van der Waals surface area contributed by atoms with Crippen molar-refractivity contribution >= 4 is 0 Å². The molecule has 1 saturated carbocycles. The topological polar surface area (TPSA) is 0 Å². The van der Waals surface area contributed by atoms with E-state index in [1.165, 1.54) is 38.2 Å². The molecule has 0 radical (unpaired) electrons. The average molecular weight is 304 g/mol. The Bertz CT molecular complexity index is 527. The van der Waals surface area contributed by atoms with Gasteiger partial charge in [-0.1, -0.05) is 25.0 Å². The maximum atomic E-state index is 13.8. The molecule has 0 aromatic heterocycles. The van der Waals surface area contributed by atoms with Gasteiger partial charge in [-0.2, -0.15) is 0 Å². The third kappa shape index (κ3) is 3.26.